The highest BCUT2D eigenvalue weighted by Gasteiger charge is 2.57. The third-order valence-corrected chi connectivity index (χ3v) is 5.02. The standard InChI is InChI=1S/C22H27N3O5/c1-14-6-8-16(12-17(14)29-5)30-18-9-7-15(13-23-18)24-19(26)22(10-11-22)25(20(27)28)21(2,3)4/h6-9,12-13H,10-11H2,1-5H3,(H,24,26)(H,27,28)/p-1. The highest BCUT2D eigenvalue weighted by molar-refractivity contribution is 6.02. The van der Waals surface area contributed by atoms with Crippen molar-refractivity contribution in [2.24, 2.45) is 0 Å². The highest BCUT2D eigenvalue weighted by Crippen LogP contribution is 2.46. The van der Waals surface area contributed by atoms with E-state index in [1.807, 2.05) is 19.1 Å². The minimum Gasteiger partial charge on any atom is -0.530 e. The molecule has 1 heterocycles. The average Bonchev–Trinajstić information content (AvgIpc) is 3.44. The van der Waals surface area contributed by atoms with E-state index in [0.717, 1.165) is 10.5 Å². The van der Waals surface area contributed by atoms with E-state index in [1.165, 1.54) is 6.20 Å². The lowest BCUT2D eigenvalue weighted by molar-refractivity contribution is -0.274. The lowest BCUT2D eigenvalue weighted by atomic mass is 10.0. The number of aryl methyl sites for hydroxylation is 1. The molecule has 8 heteroatoms. The number of hydrogen-bond acceptors (Lipinski definition) is 6. The Kier molecular flexibility index (Phi) is 5.61. The zero-order valence-electron chi connectivity index (χ0n) is 17.8. The number of nitrogens with zero attached hydrogens (tertiary/aromatic N) is 2. The topological polar surface area (TPSA) is 104 Å². The van der Waals surface area contributed by atoms with Crippen molar-refractivity contribution in [1.82, 2.24) is 9.88 Å². The van der Waals surface area contributed by atoms with Gasteiger partial charge in [0.05, 0.1) is 19.0 Å². The molecule has 1 fully saturated rings. The van der Waals surface area contributed by atoms with Crippen molar-refractivity contribution >= 4 is 17.7 Å². The van der Waals surface area contributed by atoms with Gasteiger partial charge in [-0.1, -0.05) is 6.07 Å². The Labute approximate surface area is 175 Å². The number of benzene rings is 1. The number of carbonyl (C=O) groups is 2. The molecule has 0 bridgehead atoms. The molecule has 2 aromatic rings. The Balaban J connectivity index is 1.70. The van der Waals surface area contributed by atoms with E-state index in [2.05, 4.69) is 10.3 Å². The first-order valence-electron chi connectivity index (χ1n) is 9.68. The van der Waals surface area contributed by atoms with E-state index in [0.29, 0.717) is 35.9 Å². The van der Waals surface area contributed by atoms with Crippen LogP contribution in [0.15, 0.2) is 36.5 Å². The van der Waals surface area contributed by atoms with Crippen LogP contribution in [0.2, 0.25) is 0 Å². The van der Waals surface area contributed by atoms with E-state index in [9.17, 15) is 14.7 Å². The Hall–Kier alpha value is -3.29. The molecule has 160 valence electrons. The zero-order chi connectivity index (χ0) is 22.1. The summed E-state index contributed by atoms with van der Waals surface area (Å²) in [6.07, 6.45) is 1.02. The molecule has 30 heavy (non-hydrogen) atoms. The van der Waals surface area contributed by atoms with Gasteiger partial charge in [-0.25, -0.2) is 4.98 Å². The first-order chi connectivity index (χ1) is 14.1. The molecule has 1 aliphatic rings. The fraction of sp³-hybridized carbons (Fsp3) is 0.409. The number of aromatic nitrogens is 1. The van der Waals surface area contributed by atoms with E-state index in [1.54, 1.807) is 46.1 Å². The van der Waals surface area contributed by atoms with Crippen molar-refractivity contribution in [2.75, 3.05) is 12.4 Å². The van der Waals surface area contributed by atoms with Gasteiger partial charge in [0, 0.05) is 17.7 Å². The molecule has 1 aromatic heterocycles. The molecule has 0 spiro atoms. The van der Waals surface area contributed by atoms with Crippen molar-refractivity contribution in [3.8, 4) is 17.4 Å². The number of ether oxygens (including phenoxy) is 2. The van der Waals surface area contributed by atoms with Crippen molar-refractivity contribution in [3.05, 3.63) is 42.1 Å². The maximum absolute atomic E-state index is 12.9. The average molecular weight is 412 g/mol. The SMILES string of the molecule is COc1cc(Oc2ccc(NC(=O)C3(N(C(=O)[O-])C(C)(C)C)CC3)cn2)ccc1C. The molecule has 3 rings (SSSR count). The van der Waals surface area contributed by atoms with Gasteiger partial charge in [-0.05, 0) is 58.2 Å². The summed E-state index contributed by atoms with van der Waals surface area (Å²) in [4.78, 5) is 29.9. The van der Waals surface area contributed by atoms with Gasteiger partial charge in [-0.2, -0.15) is 0 Å². The van der Waals surface area contributed by atoms with Crippen molar-refractivity contribution in [1.29, 1.82) is 0 Å². The van der Waals surface area contributed by atoms with Crippen molar-refractivity contribution in [3.63, 3.8) is 0 Å². The molecule has 0 saturated heterocycles. The van der Waals surface area contributed by atoms with E-state index in [4.69, 9.17) is 9.47 Å². The van der Waals surface area contributed by atoms with Crippen molar-refractivity contribution in [2.45, 2.75) is 51.6 Å². The van der Waals surface area contributed by atoms with Crippen molar-refractivity contribution < 1.29 is 24.2 Å². The maximum atomic E-state index is 12.9. The summed E-state index contributed by atoms with van der Waals surface area (Å²) in [6.45, 7) is 7.16. The molecule has 1 N–H and O–H groups in total. The summed E-state index contributed by atoms with van der Waals surface area (Å²) < 4.78 is 11.0. The number of methoxy groups -OCH3 is 1. The van der Waals surface area contributed by atoms with Gasteiger partial charge in [0.25, 0.3) is 0 Å². The van der Waals surface area contributed by atoms with Crippen LogP contribution in [-0.2, 0) is 4.79 Å². The zero-order valence-corrected chi connectivity index (χ0v) is 17.8. The third kappa shape index (κ3) is 4.32. The summed E-state index contributed by atoms with van der Waals surface area (Å²) in [7, 11) is 1.59. The monoisotopic (exact) mass is 412 g/mol. The predicted octanol–water partition coefficient (Wildman–Crippen LogP) is 3.11. The number of carbonyl (C=O) groups excluding carboxylic acids is 2. The number of hydrogen-bond donors (Lipinski definition) is 1. The minimum absolute atomic E-state index is 0.353. The number of carboxylic acid groups (broad SMARTS) is 1. The summed E-state index contributed by atoms with van der Waals surface area (Å²) in [6, 6.07) is 8.75. The minimum atomic E-state index is -1.36. The summed E-state index contributed by atoms with van der Waals surface area (Å²) in [5, 5.41) is 14.4. The molecule has 0 aliphatic heterocycles. The van der Waals surface area contributed by atoms with Crippen LogP contribution in [0.5, 0.6) is 17.4 Å². The number of rotatable bonds is 6. The molecule has 0 atom stereocenters. The quantitative estimate of drug-likeness (QED) is 0.782. The van der Waals surface area contributed by atoms with Gasteiger partial charge < -0.3 is 29.6 Å². The molecular formula is C22H26N3O5-. The van der Waals surface area contributed by atoms with E-state index in [-0.39, 0.29) is 5.91 Å². The summed E-state index contributed by atoms with van der Waals surface area (Å²) in [5.41, 5.74) is -0.416. The van der Waals surface area contributed by atoms with Crippen LogP contribution in [0.4, 0.5) is 10.5 Å². The van der Waals surface area contributed by atoms with Gasteiger partial charge in [0.1, 0.15) is 23.1 Å². The molecule has 1 aromatic carbocycles. The smallest absolute Gasteiger partial charge is 0.250 e. The van der Waals surface area contributed by atoms with Crippen LogP contribution < -0.4 is 19.9 Å². The Morgan fingerprint density at radius 1 is 1.20 bits per heavy atom. The number of amides is 2. The second-order valence-electron chi connectivity index (χ2n) is 8.38. The van der Waals surface area contributed by atoms with Crippen LogP contribution in [0.3, 0.4) is 0 Å². The normalized spacial score (nSPS) is 14.6. The maximum Gasteiger partial charge on any atom is 0.250 e. The van der Waals surface area contributed by atoms with E-state index >= 15 is 0 Å². The summed E-state index contributed by atoms with van der Waals surface area (Å²) >= 11 is 0. The Morgan fingerprint density at radius 3 is 2.40 bits per heavy atom. The van der Waals surface area contributed by atoms with Crippen LogP contribution >= 0.6 is 0 Å². The van der Waals surface area contributed by atoms with Gasteiger partial charge in [-0.15, -0.1) is 0 Å². The first-order valence-corrected chi connectivity index (χ1v) is 9.68. The predicted molar refractivity (Wildman–Crippen MR) is 110 cm³/mol. The molecule has 8 nitrogen and oxygen atoms in total. The fourth-order valence-corrected chi connectivity index (χ4v) is 3.51. The molecule has 1 aliphatic carbocycles. The van der Waals surface area contributed by atoms with Crippen LogP contribution in [0.25, 0.3) is 0 Å². The number of anilines is 1. The van der Waals surface area contributed by atoms with Gasteiger partial charge in [0.15, 0.2) is 0 Å². The Bertz CT molecular complexity index is 946. The number of pyridine rings is 1. The van der Waals surface area contributed by atoms with Crippen LogP contribution in [-0.4, -0.2) is 40.1 Å². The Morgan fingerprint density at radius 2 is 1.90 bits per heavy atom. The molecular weight excluding hydrogens is 386 g/mol. The second kappa shape index (κ2) is 7.85. The highest BCUT2D eigenvalue weighted by atomic mass is 16.5. The largest absolute Gasteiger partial charge is 0.530 e. The lowest BCUT2D eigenvalue weighted by Crippen LogP contribution is -2.61. The van der Waals surface area contributed by atoms with Crippen LogP contribution in [0, 0.1) is 6.92 Å². The third-order valence-electron chi connectivity index (χ3n) is 5.02. The van der Waals surface area contributed by atoms with Gasteiger partial charge in [-0.3, -0.25) is 4.79 Å². The molecule has 1 saturated carbocycles. The van der Waals surface area contributed by atoms with Gasteiger partial charge in [0.2, 0.25) is 11.8 Å². The van der Waals surface area contributed by atoms with E-state index < -0.39 is 17.2 Å². The molecule has 0 radical (unpaired) electrons. The molecule has 0 unspecified atom stereocenters. The lowest BCUT2D eigenvalue weighted by Gasteiger charge is -2.43. The molecule has 2 amide bonds. The number of nitrogens with one attached hydrogen (secondary N) is 1. The first kappa shape index (κ1) is 21.4. The second-order valence-corrected chi connectivity index (χ2v) is 8.38. The van der Waals surface area contributed by atoms with Crippen LogP contribution in [0.1, 0.15) is 39.2 Å². The van der Waals surface area contributed by atoms with Gasteiger partial charge >= 0.3 is 0 Å². The fourth-order valence-electron chi connectivity index (χ4n) is 3.51. The summed E-state index contributed by atoms with van der Waals surface area (Å²) in [5.74, 6) is 1.25.